The lowest BCUT2D eigenvalue weighted by Gasteiger charge is -2.07. The Morgan fingerprint density at radius 1 is 1.27 bits per heavy atom. The standard InChI is InChI=1S/C15H17N3O2S2/c1-2-4-13(19)17-11-5-3-6-12(9-11)22-10-14(20)18-15-16-7-8-21-15/h3,5-9H,2,4,10H2,1H3,(H,17,19)(H,16,18,20). The van der Waals surface area contributed by atoms with E-state index in [-0.39, 0.29) is 11.8 Å². The van der Waals surface area contributed by atoms with Crippen LogP contribution in [0.4, 0.5) is 10.8 Å². The summed E-state index contributed by atoms with van der Waals surface area (Å²) in [6, 6.07) is 7.49. The van der Waals surface area contributed by atoms with Crippen LogP contribution >= 0.6 is 23.1 Å². The highest BCUT2D eigenvalue weighted by atomic mass is 32.2. The molecule has 0 saturated carbocycles. The monoisotopic (exact) mass is 335 g/mol. The van der Waals surface area contributed by atoms with E-state index in [1.54, 1.807) is 6.20 Å². The average molecular weight is 335 g/mol. The number of hydrogen-bond acceptors (Lipinski definition) is 5. The minimum atomic E-state index is -0.0969. The molecule has 2 rings (SSSR count). The molecule has 0 aliphatic rings. The normalized spacial score (nSPS) is 10.2. The Hall–Kier alpha value is -1.86. The number of benzene rings is 1. The van der Waals surface area contributed by atoms with Gasteiger partial charge in [0.1, 0.15) is 0 Å². The SMILES string of the molecule is CCCC(=O)Nc1cccc(SCC(=O)Nc2nccs2)c1. The van der Waals surface area contributed by atoms with E-state index in [0.29, 0.717) is 17.3 Å². The minimum Gasteiger partial charge on any atom is -0.326 e. The molecule has 2 amide bonds. The number of thioether (sulfide) groups is 1. The van der Waals surface area contributed by atoms with Crippen molar-refractivity contribution >= 4 is 45.7 Å². The topological polar surface area (TPSA) is 71.1 Å². The molecule has 0 radical (unpaired) electrons. The second-order valence-electron chi connectivity index (χ2n) is 4.50. The first-order valence-corrected chi connectivity index (χ1v) is 8.76. The highest BCUT2D eigenvalue weighted by molar-refractivity contribution is 8.00. The third-order valence-corrected chi connectivity index (χ3v) is 4.33. The van der Waals surface area contributed by atoms with Crippen molar-refractivity contribution in [2.45, 2.75) is 24.7 Å². The molecule has 7 heteroatoms. The fraction of sp³-hybridized carbons (Fsp3) is 0.267. The number of amides is 2. The molecule has 1 aromatic carbocycles. The molecule has 0 spiro atoms. The van der Waals surface area contributed by atoms with Crippen molar-refractivity contribution in [3.63, 3.8) is 0 Å². The van der Waals surface area contributed by atoms with Gasteiger partial charge in [0.2, 0.25) is 11.8 Å². The molecule has 1 aromatic heterocycles. The lowest BCUT2D eigenvalue weighted by atomic mass is 10.3. The highest BCUT2D eigenvalue weighted by Gasteiger charge is 2.06. The molecule has 2 aromatic rings. The third-order valence-electron chi connectivity index (χ3n) is 2.64. The quantitative estimate of drug-likeness (QED) is 0.758. The van der Waals surface area contributed by atoms with Gasteiger partial charge in [-0.15, -0.1) is 23.1 Å². The Morgan fingerprint density at radius 3 is 2.86 bits per heavy atom. The van der Waals surface area contributed by atoms with Gasteiger partial charge in [-0.3, -0.25) is 9.59 Å². The highest BCUT2D eigenvalue weighted by Crippen LogP contribution is 2.22. The fourth-order valence-electron chi connectivity index (χ4n) is 1.70. The van der Waals surface area contributed by atoms with Gasteiger partial charge in [0.05, 0.1) is 5.75 Å². The zero-order valence-electron chi connectivity index (χ0n) is 12.2. The van der Waals surface area contributed by atoms with Crippen LogP contribution in [0.5, 0.6) is 0 Å². The van der Waals surface area contributed by atoms with Gasteiger partial charge in [-0.1, -0.05) is 13.0 Å². The predicted molar refractivity (Wildman–Crippen MR) is 91.4 cm³/mol. The first kappa shape index (κ1) is 16.5. The number of hydrogen-bond donors (Lipinski definition) is 2. The molecule has 0 bridgehead atoms. The lowest BCUT2D eigenvalue weighted by molar-refractivity contribution is -0.116. The molecule has 0 aliphatic heterocycles. The van der Waals surface area contributed by atoms with E-state index < -0.39 is 0 Å². The first-order valence-electron chi connectivity index (χ1n) is 6.89. The van der Waals surface area contributed by atoms with Crippen LogP contribution in [0.3, 0.4) is 0 Å². The molecule has 2 N–H and O–H groups in total. The summed E-state index contributed by atoms with van der Waals surface area (Å²) in [6.07, 6.45) is 2.97. The van der Waals surface area contributed by atoms with E-state index in [1.165, 1.54) is 23.1 Å². The van der Waals surface area contributed by atoms with E-state index in [4.69, 9.17) is 0 Å². The molecule has 0 aliphatic carbocycles. The summed E-state index contributed by atoms with van der Waals surface area (Å²) >= 11 is 2.81. The third kappa shape index (κ3) is 5.50. The Labute approximate surface area is 137 Å². The number of anilines is 2. The number of carbonyl (C=O) groups excluding carboxylic acids is 2. The molecule has 116 valence electrons. The van der Waals surface area contributed by atoms with Gasteiger partial charge in [0.15, 0.2) is 5.13 Å². The van der Waals surface area contributed by atoms with Crippen molar-refractivity contribution in [1.82, 2.24) is 4.98 Å². The van der Waals surface area contributed by atoms with Crippen molar-refractivity contribution in [1.29, 1.82) is 0 Å². The van der Waals surface area contributed by atoms with E-state index in [1.807, 2.05) is 36.6 Å². The zero-order valence-corrected chi connectivity index (χ0v) is 13.8. The summed E-state index contributed by atoms with van der Waals surface area (Å²) in [6.45, 7) is 1.97. The summed E-state index contributed by atoms with van der Waals surface area (Å²) in [5, 5.41) is 7.99. The van der Waals surface area contributed by atoms with E-state index in [9.17, 15) is 9.59 Å². The number of carbonyl (C=O) groups is 2. The van der Waals surface area contributed by atoms with Gasteiger partial charge >= 0.3 is 0 Å². The Balaban J connectivity index is 1.84. The average Bonchev–Trinajstić information content (AvgIpc) is 2.98. The van der Waals surface area contributed by atoms with Crippen LogP contribution < -0.4 is 10.6 Å². The largest absolute Gasteiger partial charge is 0.326 e. The predicted octanol–water partition coefficient (Wildman–Crippen LogP) is 3.61. The fourth-order valence-corrected chi connectivity index (χ4v) is 3.00. The van der Waals surface area contributed by atoms with Gasteiger partial charge in [-0.05, 0) is 24.6 Å². The lowest BCUT2D eigenvalue weighted by Crippen LogP contribution is -2.13. The van der Waals surface area contributed by atoms with Crippen LogP contribution in [0.2, 0.25) is 0 Å². The van der Waals surface area contributed by atoms with Crippen molar-refractivity contribution in [3.8, 4) is 0 Å². The summed E-state index contributed by atoms with van der Waals surface area (Å²) in [5.74, 6) is 0.206. The second kappa shape index (κ2) is 8.55. The first-order chi connectivity index (χ1) is 10.7. The van der Waals surface area contributed by atoms with Gasteiger partial charge in [0, 0.05) is 28.6 Å². The molecule has 0 fully saturated rings. The summed E-state index contributed by atoms with van der Waals surface area (Å²) in [5.41, 5.74) is 0.754. The molecule has 22 heavy (non-hydrogen) atoms. The molecule has 0 unspecified atom stereocenters. The van der Waals surface area contributed by atoms with Crippen LogP contribution in [0.1, 0.15) is 19.8 Å². The summed E-state index contributed by atoms with van der Waals surface area (Å²) in [4.78, 5) is 28.3. The Morgan fingerprint density at radius 2 is 2.14 bits per heavy atom. The molecular formula is C15H17N3O2S2. The molecule has 0 saturated heterocycles. The number of nitrogens with one attached hydrogen (secondary N) is 2. The Kier molecular flexibility index (Phi) is 6.42. The number of nitrogens with zero attached hydrogens (tertiary/aromatic N) is 1. The molecular weight excluding hydrogens is 318 g/mol. The number of thiazole rings is 1. The maximum Gasteiger partial charge on any atom is 0.236 e. The number of rotatable bonds is 7. The van der Waals surface area contributed by atoms with Crippen molar-refractivity contribution < 1.29 is 9.59 Å². The van der Waals surface area contributed by atoms with Gasteiger partial charge in [-0.2, -0.15) is 0 Å². The van der Waals surface area contributed by atoms with Crippen molar-refractivity contribution in [3.05, 3.63) is 35.8 Å². The van der Waals surface area contributed by atoms with Gasteiger partial charge < -0.3 is 10.6 Å². The number of aromatic nitrogens is 1. The Bertz CT molecular complexity index is 629. The van der Waals surface area contributed by atoms with Crippen LogP contribution in [0.25, 0.3) is 0 Å². The second-order valence-corrected chi connectivity index (χ2v) is 6.44. The van der Waals surface area contributed by atoms with Crippen molar-refractivity contribution in [2.75, 3.05) is 16.4 Å². The van der Waals surface area contributed by atoms with E-state index in [2.05, 4.69) is 15.6 Å². The van der Waals surface area contributed by atoms with Crippen LogP contribution in [0.15, 0.2) is 40.7 Å². The zero-order chi connectivity index (χ0) is 15.8. The van der Waals surface area contributed by atoms with Crippen LogP contribution in [0, 0.1) is 0 Å². The van der Waals surface area contributed by atoms with Crippen LogP contribution in [-0.4, -0.2) is 22.6 Å². The molecule has 5 nitrogen and oxygen atoms in total. The molecule has 0 atom stereocenters. The van der Waals surface area contributed by atoms with E-state index in [0.717, 1.165) is 17.0 Å². The van der Waals surface area contributed by atoms with Crippen LogP contribution in [-0.2, 0) is 9.59 Å². The maximum absolute atomic E-state index is 11.8. The smallest absolute Gasteiger partial charge is 0.236 e. The van der Waals surface area contributed by atoms with E-state index >= 15 is 0 Å². The molecule has 1 heterocycles. The minimum absolute atomic E-state index is 0.00571. The van der Waals surface area contributed by atoms with Gasteiger partial charge in [0.25, 0.3) is 0 Å². The maximum atomic E-state index is 11.8. The summed E-state index contributed by atoms with van der Waals surface area (Å²) < 4.78 is 0. The summed E-state index contributed by atoms with van der Waals surface area (Å²) in [7, 11) is 0. The van der Waals surface area contributed by atoms with Crippen molar-refractivity contribution in [2.24, 2.45) is 0 Å². The van der Waals surface area contributed by atoms with Gasteiger partial charge in [-0.25, -0.2) is 4.98 Å².